The van der Waals surface area contributed by atoms with Gasteiger partial charge in [0.2, 0.25) is 0 Å². The van der Waals surface area contributed by atoms with Gasteiger partial charge >= 0.3 is 0 Å². The molecule has 0 radical (unpaired) electrons. The Bertz CT molecular complexity index is 1250. The smallest absolute Gasteiger partial charge is 0.127 e. The van der Waals surface area contributed by atoms with Crippen LogP contribution in [0.15, 0.2) is 24.3 Å². The van der Waals surface area contributed by atoms with Crippen molar-refractivity contribution in [2.24, 2.45) is 0 Å². The molecule has 0 nitrogen and oxygen atoms in total. The Morgan fingerprint density at radius 1 is 0.535 bits per heavy atom. The van der Waals surface area contributed by atoms with Crippen molar-refractivity contribution in [1.82, 2.24) is 0 Å². The maximum absolute atomic E-state index is 7.08. The van der Waals surface area contributed by atoms with Gasteiger partial charge in [-0.2, -0.15) is 0 Å². The Balaban J connectivity index is 2.16. The highest BCUT2D eigenvalue weighted by Gasteiger charge is 2.43. The minimum Gasteiger partial charge on any atom is -0.127 e. The zero-order valence-corrected chi connectivity index (χ0v) is 32.0. The van der Waals surface area contributed by atoms with E-state index in [1.165, 1.54) is 99.3 Å². The fraction of sp³-hybridized carbons (Fsp3) is 0.590. The molecule has 0 heterocycles. The van der Waals surface area contributed by atoms with E-state index < -0.39 is 16.1 Å². The normalized spacial score (nSPS) is 13.5. The summed E-state index contributed by atoms with van der Waals surface area (Å²) >= 11 is 14.2. The second-order valence-electron chi connectivity index (χ2n) is 14.9. The number of benzene rings is 2. The molecule has 1 aliphatic carbocycles. The average molecular weight is 652 g/mol. The SMILES string of the molecule is CCCCCCCCC1(CCCCCCCC)c2cc(Cl)c(C#C[Si](C)(C)C)cc2-c2cc(C#C[Si](C)(C)C)c(Cl)cc21. The molecule has 0 unspecified atom stereocenters. The molecule has 234 valence electrons. The topological polar surface area (TPSA) is 0 Å². The van der Waals surface area contributed by atoms with E-state index in [9.17, 15) is 0 Å². The first-order valence-electron chi connectivity index (χ1n) is 17.1. The van der Waals surface area contributed by atoms with Crippen LogP contribution in [0.5, 0.6) is 0 Å². The van der Waals surface area contributed by atoms with Crippen LogP contribution in [-0.2, 0) is 5.41 Å². The summed E-state index contributed by atoms with van der Waals surface area (Å²) in [5, 5.41) is 1.58. The Morgan fingerprint density at radius 3 is 1.23 bits per heavy atom. The molecule has 0 spiro atoms. The molecule has 2 aromatic carbocycles. The maximum Gasteiger partial charge on any atom is 0.129 e. The fourth-order valence-electron chi connectivity index (χ4n) is 6.31. The van der Waals surface area contributed by atoms with Gasteiger partial charge in [-0.25, -0.2) is 0 Å². The van der Waals surface area contributed by atoms with Crippen molar-refractivity contribution in [3.8, 4) is 34.1 Å². The van der Waals surface area contributed by atoms with Gasteiger partial charge in [0.25, 0.3) is 0 Å². The maximum atomic E-state index is 7.08. The van der Waals surface area contributed by atoms with Crippen molar-refractivity contribution in [3.63, 3.8) is 0 Å². The summed E-state index contributed by atoms with van der Waals surface area (Å²) in [5.74, 6) is 6.97. The lowest BCUT2D eigenvalue weighted by Crippen LogP contribution is -2.25. The first-order chi connectivity index (χ1) is 20.3. The van der Waals surface area contributed by atoms with Crippen LogP contribution in [0.25, 0.3) is 11.1 Å². The Labute approximate surface area is 277 Å². The monoisotopic (exact) mass is 650 g/mol. The van der Waals surface area contributed by atoms with Crippen molar-refractivity contribution >= 4 is 39.3 Å². The Hall–Kier alpha value is -1.43. The molecular weight excluding hydrogens is 596 g/mol. The molecule has 0 aromatic heterocycles. The van der Waals surface area contributed by atoms with Gasteiger partial charge < -0.3 is 0 Å². The first-order valence-corrected chi connectivity index (χ1v) is 24.8. The lowest BCUT2D eigenvalue weighted by atomic mass is 9.70. The Morgan fingerprint density at radius 2 is 0.884 bits per heavy atom. The fourth-order valence-corrected chi connectivity index (χ4v) is 7.75. The number of fused-ring (bicyclic) bond motifs is 3. The van der Waals surface area contributed by atoms with Gasteiger partial charge in [-0.1, -0.05) is 165 Å². The van der Waals surface area contributed by atoms with Crippen LogP contribution >= 0.6 is 23.2 Å². The molecule has 0 atom stereocenters. The van der Waals surface area contributed by atoms with Crippen LogP contribution < -0.4 is 0 Å². The molecular formula is C39H56Cl2Si2. The van der Waals surface area contributed by atoms with Gasteiger partial charge in [-0.3, -0.25) is 0 Å². The van der Waals surface area contributed by atoms with Gasteiger partial charge in [0, 0.05) is 16.5 Å². The van der Waals surface area contributed by atoms with Gasteiger partial charge in [0.05, 0.1) is 10.0 Å². The summed E-state index contributed by atoms with van der Waals surface area (Å²) in [6.45, 7) is 18.3. The van der Waals surface area contributed by atoms with Crippen molar-refractivity contribution < 1.29 is 0 Å². The summed E-state index contributed by atoms with van der Waals surface area (Å²) in [6, 6.07) is 9.14. The molecule has 43 heavy (non-hydrogen) atoms. The molecule has 2 aromatic rings. The summed E-state index contributed by atoms with van der Waals surface area (Å²) in [7, 11) is -3.10. The molecule has 0 saturated carbocycles. The van der Waals surface area contributed by atoms with E-state index in [-0.39, 0.29) is 5.41 Å². The van der Waals surface area contributed by atoms with Crippen LogP contribution in [0, 0.1) is 22.9 Å². The molecule has 0 aliphatic heterocycles. The summed E-state index contributed by atoms with van der Waals surface area (Å²) in [6.07, 6.45) is 17.8. The van der Waals surface area contributed by atoms with Gasteiger partial charge in [0.1, 0.15) is 16.1 Å². The quantitative estimate of drug-likeness (QED) is 0.108. The van der Waals surface area contributed by atoms with Crippen LogP contribution in [0.4, 0.5) is 0 Å². The van der Waals surface area contributed by atoms with E-state index >= 15 is 0 Å². The molecule has 0 bridgehead atoms. The number of rotatable bonds is 14. The highest BCUT2D eigenvalue weighted by Crippen LogP contribution is 2.56. The molecule has 0 fully saturated rings. The third-order valence-corrected chi connectivity index (χ3v) is 11.0. The average Bonchev–Trinajstić information content (AvgIpc) is 3.16. The zero-order chi connectivity index (χ0) is 31.7. The van der Waals surface area contributed by atoms with E-state index in [0.29, 0.717) is 0 Å². The number of unbranched alkanes of at least 4 members (excludes halogenated alkanes) is 10. The number of hydrogen-bond acceptors (Lipinski definition) is 0. The van der Waals surface area contributed by atoms with Crippen LogP contribution in [-0.4, -0.2) is 16.1 Å². The molecule has 0 amide bonds. The van der Waals surface area contributed by atoms with E-state index in [0.717, 1.165) is 34.0 Å². The second-order valence-corrected chi connectivity index (χ2v) is 25.2. The van der Waals surface area contributed by atoms with E-state index in [1.54, 1.807) is 0 Å². The first kappa shape index (κ1) is 36.0. The predicted octanol–water partition coefficient (Wildman–Crippen LogP) is 13.2. The van der Waals surface area contributed by atoms with Crippen LogP contribution in [0.3, 0.4) is 0 Å². The number of halogens is 2. The molecule has 0 saturated heterocycles. The van der Waals surface area contributed by atoms with Crippen LogP contribution in [0.1, 0.15) is 126 Å². The summed E-state index contributed by atoms with van der Waals surface area (Å²) in [5.41, 5.74) is 14.3. The molecule has 1 aliphatic rings. The molecule has 0 N–H and O–H groups in total. The van der Waals surface area contributed by atoms with Gasteiger partial charge in [-0.05, 0) is 59.4 Å². The van der Waals surface area contributed by atoms with Crippen molar-refractivity contribution in [2.45, 2.75) is 148 Å². The predicted molar refractivity (Wildman–Crippen MR) is 199 cm³/mol. The van der Waals surface area contributed by atoms with Gasteiger partial charge in [0.15, 0.2) is 0 Å². The van der Waals surface area contributed by atoms with Gasteiger partial charge in [-0.15, -0.1) is 11.1 Å². The van der Waals surface area contributed by atoms with Crippen molar-refractivity contribution in [1.29, 1.82) is 0 Å². The van der Waals surface area contributed by atoms with Crippen molar-refractivity contribution in [2.75, 3.05) is 0 Å². The summed E-state index contributed by atoms with van der Waals surface area (Å²) < 4.78 is 0. The van der Waals surface area contributed by atoms with Crippen LogP contribution in [0.2, 0.25) is 49.3 Å². The Kier molecular flexibility index (Phi) is 13.6. The second kappa shape index (κ2) is 16.2. The standard InChI is InChI=1S/C39H56Cl2Si2/c1-9-11-13-15-17-19-23-39(24-20-18-16-14-12-10-2)35-29-37(40)31(21-25-42(3,4)5)27-33(35)34-28-32(22-26-43(6,7)8)38(41)30-36(34)39/h27-30H,9-20,23-24H2,1-8H3. The third-order valence-electron chi connectivity index (χ3n) is 8.59. The molecule has 4 heteroatoms. The minimum atomic E-state index is -1.55. The van der Waals surface area contributed by atoms with E-state index in [4.69, 9.17) is 23.2 Å². The minimum absolute atomic E-state index is 0.0665. The third kappa shape index (κ3) is 10.3. The largest absolute Gasteiger partial charge is 0.129 e. The lowest BCUT2D eigenvalue weighted by molar-refractivity contribution is 0.398. The summed E-state index contributed by atoms with van der Waals surface area (Å²) in [4.78, 5) is 0. The molecule has 3 rings (SSSR count). The highest BCUT2D eigenvalue weighted by molar-refractivity contribution is 6.84. The van der Waals surface area contributed by atoms with Crippen molar-refractivity contribution in [3.05, 3.63) is 56.6 Å². The van der Waals surface area contributed by atoms with E-state index in [2.05, 4.69) is 100 Å². The zero-order valence-electron chi connectivity index (χ0n) is 28.5. The highest BCUT2D eigenvalue weighted by atomic mass is 35.5. The van der Waals surface area contributed by atoms with E-state index in [1.807, 2.05) is 0 Å². The number of hydrogen-bond donors (Lipinski definition) is 0. The lowest BCUT2D eigenvalue weighted by Gasteiger charge is -2.33.